The zero-order chi connectivity index (χ0) is 19.2. The summed E-state index contributed by atoms with van der Waals surface area (Å²) < 4.78 is 12.2. The molecule has 0 unspecified atom stereocenters. The van der Waals surface area contributed by atoms with Gasteiger partial charge in [0.05, 0.1) is 26.0 Å². The summed E-state index contributed by atoms with van der Waals surface area (Å²) in [6.07, 6.45) is 0. The van der Waals surface area contributed by atoms with Crippen LogP contribution in [-0.4, -0.2) is 67.2 Å². The van der Waals surface area contributed by atoms with Gasteiger partial charge >= 0.3 is 6.03 Å². The molecule has 2 N–H and O–H groups in total. The number of anilines is 1. The number of methoxy groups -OCH3 is 1. The molecule has 0 atom stereocenters. The SMILES string of the molecule is COc1ccc(-c2c(C)nn(C)c2NC(=O)NCCN2CCOCC2)cc1. The monoisotopic (exact) mass is 373 g/mol. The third-order valence-electron chi connectivity index (χ3n) is 4.65. The molecule has 1 fully saturated rings. The molecule has 2 amide bonds. The van der Waals surface area contributed by atoms with Crippen LogP contribution in [0.5, 0.6) is 5.75 Å². The summed E-state index contributed by atoms with van der Waals surface area (Å²) in [5.74, 6) is 1.46. The lowest BCUT2D eigenvalue weighted by Crippen LogP contribution is -2.42. The van der Waals surface area contributed by atoms with E-state index in [0.29, 0.717) is 12.4 Å². The topological polar surface area (TPSA) is 80.6 Å². The van der Waals surface area contributed by atoms with E-state index in [1.54, 1.807) is 11.8 Å². The normalized spacial score (nSPS) is 14.8. The van der Waals surface area contributed by atoms with Crippen LogP contribution in [0.15, 0.2) is 24.3 Å². The largest absolute Gasteiger partial charge is 0.497 e. The van der Waals surface area contributed by atoms with Gasteiger partial charge in [0.15, 0.2) is 0 Å². The number of benzene rings is 1. The lowest BCUT2D eigenvalue weighted by atomic mass is 10.1. The molecule has 0 radical (unpaired) electrons. The number of hydrogen-bond acceptors (Lipinski definition) is 5. The number of nitrogens with zero attached hydrogens (tertiary/aromatic N) is 3. The van der Waals surface area contributed by atoms with Crippen LogP contribution in [0, 0.1) is 6.92 Å². The summed E-state index contributed by atoms with van der Waals surface area (Å²) in [6, 6.07) is 7.48. The number of hydrogen-bond donors (Lipinski definition) is 2. The lowest BCUT2D eigenvalue weighted by molar-refractivity contribution is 0.0388. The summed E-state index contributed by atoms with van der Waals surface area (Å²) in [5, 5.41) is 10.3. The van der Waals surface area contributed by atoms with E-state index in [1.807, 2.05) is 38.2 Å². The van der Waals surface area contributed by atoms with Gasteiger partial charge < -0.3 is 14.8 Å². The fourth-order valence-electron chi connectivity index (χ4n) is 3.21. The number of aryl methyl sites for hydroxylation is 2. The molecular formula is C19H27N5O3. The second kappa shape index (κ2) is 8.88. The van der Waals surface area contributed by atoms with Crippen molar-refractivity contribution in [1.29, 1.82) is 0 Å². The van der Waals surface area contributed by atoms with Crippen molar-refractivity contribution in [2.45, 2.75) is 6.92 Å². The van der Waals surface area contributed by atoms with Gasteiger partial charge in [-0.1, -0.05) is 12.1 Å². The van der Waals surface area contributed by atoms with Crippen molar-refractivity contribution >= 4 is 11.8 Å². The predicted octanol–water partition coefficient (Wildman–Crippen LogP) is 1.86. The Kier molecular flexibility index (Phi) is 6.31. The first kappa shape index (κ1) is 19.2. The van der Waals surface area contributed by atoms with E-state index in [1.165, 1.54) is 0 Å². The van der Waals surface area contributed by atoms with Gasteiger partial charge in [-0.2, -0.15) is 5.10 Å². The van der Waals surface area contributed by atoms with E-state index in [-0.39, 0.29) is 6.03 Å². The van der Waals surface area contributed by atoms with Gasteiger partial charge in [0.25, 0.3) is 0 Å². The van der Waals surface area contributed by atoms with Crippen LogP contribution in [-0.2, 0) is 11.8 Å². The van der Waals surface area contributed by atoms with E-state index in [0.717, 1.165) is 55.4 Å². The summed E-state index contributed by atoms with van der Waals surface area (Å²) in [4.78, 5) is 14.7. The van der Waals surface area contributed by atoms with Gasteiger partial charge in [0.1, 0.15) is 11.6 Å². The first-order chi connectivity index (χ1) is 13.1. The lowest BCUT2D eigenvalue weighted by Gasteiger charge is -2.26. The number of carbonyl (C=O) groups excluding carboxylic acids is 1. The Bertz CT molecular complexity index is 766. The molecule has 1 saturated heterocycles. The number of morpholine rings is 1. The van der Waals surface area contributed by atoms with Crippen molar-refractivity contribution in [3.8, 4) is 16.9 Å². The molecule has 27 heavy (non-hydrogen) atoms. The van der Waals surface area contributed by atoms with Gasteiger partial charge in [-0.3, -0.25) is 14.9 Å². The van der Waals surface area contributed by atoms with E-state index >= 15 is 0 Å². The average molecular weight is 373 g/mol. The summed E-state index contributed by atoms with van der Waals surface area (Å²) >= 11 is 0. The highest BCUT2D eigenvalue weighted by atomic mass is 16.5. The van der Waals surface area contributed by atoms with Gasteiger partial charge in [-0.15, -0.1) is 0 Å². The smallest absolute Gasteiger partial charge is 0.320 e. The van der Waals surface area contributed by atoms with Crippen molar-refractivity contribution in [1.82, 2.24) is 20.0 Å². The Morgan fingerprint density at radius 1 is 1.26 bits per heavy atom. The molecule has 2 heterocycles. The molecule has 0 saturated carbocycles. The molecule has 0 spiro atoms. The molecule has 1 aromatic heterocycles. The molecular weight excluding hydrogens is 346 g/mol. The fourth-order valence-corrected chi connectivity index (χ4v) is 3.21. The third-order valence-corrected chi connectivity index (χ3v) is 4.65. The number of rotatable bonds is 6. The molecule has 0 bridgehead atoms. The molecule has 3 rings (SSSR count). The third kappa shape index (κ3) is 4.78. The maximum atomic E-state index is 12.4. The van der Waals surface area contributed by atoms with Gasteiger partial charge in [-0.05, 0) is 24.6 Å². The van der Waals surface area contributed by atoms with Gasteiger partial charge in [0.2, 0.25) is 0 Å². The average Bonchev–Trinajstić information content (AvgIpc) is 2.96. The molecule has 8 nitrogen and oxygen atoms in total. The zero-order valence-electron chi connectivity index (χ0n) is 16.1. The highest BCUT2D eigenvalue weighted by Crippen LogP contribution is 2.32. The zero-order valence-corrected chi connectivity index (χ0v) is 16.1. The molecule has 1 aliphatic heterocycles. The molecule has 8 heteroatoms. The Balaban J connectivity index is 1.64. The highest BCUT2D eigenvalue weighted by Gasteiger charge is 2.17. The minimum absolute atomic E-state index is 0.235. The second-order valence-electron chi connectivity index (χ2n) is 6.50. The minimum atomic E-state index is -0.235. The maximum absolute atomic E-state index is 12.4. The maximum Gasteiger partial charge on any atom is 0.320 e. The van der Waals surface area contributed by atoms with Crippen LogP contribution in [0.25, 0.3) is 11.1 Å². The van der Waals surface area contributed by atoms with Crippen LogP contribution in [0.1, 0.15) is 5.69 Å². The second-order valence-corrected chi connectivity index (χ2v) is 6.50. The van der Waals surface area contributed by atoms with Crippen molar-refractivity contribution in [2.24, 2.45) is 7.05 Å². The van der Waals surface area contributed by atoms with Crippen molar-refractivity contribution < 1.29 is 14.3 Å². The molecule has 0 aliphatic carbocycles. The molecule has 1 aromatic carbocycles. The van der Waals surface area contributed by atoms with Crippen LogP contribution < -0.4 is 15.4 Å². The van der Waals surface area contributed by atoms with Crippen LogP contribution >= 0.6 is 0 Å². The van der Waals surface area contributed by atoms with Crippen molar-refractivity contribution in [3.05, 3.63) is 30.0 Å². The summed E-state index contributed by atoms with van der Waals surface area (Å²) in [5.41, 5.74) is 2.74. The first-order valence-electron chi connectivity index (χ1n) is 9.11. The molecule has 1 aliphatic rings. The number of urea groups is 1. The van der Waals surface area contributed by atoms with Crippen LogP contribution in [0.3, 0.4) is 0 Å². The Labute approximate surface area is 159 Å². The van der Waals surface area contributed by atoms with E-state index < -0.39 is 0 Å². The number of ether oxygens (including phenoxy) is 2. The quantitative estimate of drug-likeness (QED) is 0.808. The molecule has 146 valence electrons. The standard InChI is InChI=1S/C19H27N5O3/c1-14-17(15-4-6-16(26-3)7-5-15)18(23(2)22-14)21-19(25)20-8-9-24-10-12-27-13-11-24/h4-7H,8-13H2,1-3H3,(H2,20,21,25). The van der Waals surface area contributed by atoms with Gasteiger partial charge in [-0.25, -0.2) is 4.79 Å². The number of carbonyl (C=O) groups is 1. The van der Waals surface area contributed by atoms with Crippen molar-refractivity contribution in [2.75, 3.05) is 51.8 Å². The first-order valence-corrected chi connectivity index (χ1v) is 9.11. The fraction of sp³-hybridized carbons (Fsp3) is 0.474. The number of nitrogens with one attached hydrogen (secondary N) is 2. The number of amides is 2. The number of aromatic nitrogens is 2. The van der Waals surface area contributed by atoms with E-state index in [2.05, 4.69) is 20.6 Å². The van der Waals surface area contributed by atoms with Crippen molar-refractivity contribution in [3.63, 3.8) is 0 Å². The summed E-state index contributed by atoms with van der Waals surface area (Å²) in [6.45, 7) is 6.66. The highest BCUT2D eigenvalue weighted by molar-refractivity contribution is 5.93. The minimum Gasteiger partial charge on any atom is -0.497 e. The van der Waals surface area contributed by atoms with E-state index in [9.17, 15) is 4.79 Å². The predicted molar refractivity (Wildman–Crippen MR) is 104 cm³/mol. The van der Waals surface area contributed by atoms with Crippen LogP contribution in [0.2, 0.25) is 0 Å². The Morgan fingerprint density at radius 3 is 2.63 bits per heavy atom. The van der Waals surface area contributed by atoms with Crippen LogP contribution in [0.4, 0.5) is 10.6 Å². The summed E-state index contributed by atoms with van der Waals surface area (Å²) in [7, 11) is 3.46. The Hall–Kier alpha value is -2.58. The van der Waals surface area contributed by atoms with Gasteiger partial charge in [0, 0.05) is 38.8 Å². The Morgan fingerprint density at radius 2 is 1.96 bits per heavy atom. The molecule has 2 aromatic rings. The van der Waals surface area contributed by atoms with E-state index in [4.69, 9.17) is 9.47 Å².